The Hall–Kier alpha value is -1.94. The number of carbonyl (C=O) groups excluding carboxylic acids is 4. The van der Waals surface area contributed by atoms with Crippen LogP contribution in [0.1, 0.15) is 11.1 Å². The van der Waals surface area contributed by atoms with Crippen molar-refractivity contribution >= 4 is 47.3 Å². The number of anilines is 2. The molecule has 0 saturated carbocycles. The smallest absolute Gasteiger partial charge is 0.540 e. The predicted molar refractivity (Wildman–Crippen MR) is 89.1 cm³/mol. The van der Waals surface area contributed by atoms with E-state index in [4.69, 9.17) is 0 Å². The van der Waals surface area contributed by atoms with Crippen molar-refractivity contribution in [3.63, 3.8) is 0 Å². The number of rotatable bonds is 4. The number of carboxylic acid groups (broad SMARTS) is 2. The van der Waals surface area contributed by atoms with E-state index in [1.54, 1.807) is 60.7 Å². The van der Waals surface area contributed by atoms with E-state index in [1.165, 1.54) is 0 Å². The van der Waals surface area contributed by atoms with Crippen molar-refractivity contribution in [2.75, 3.05) is 10.6 Å². The van der Waals surface area contributed by atoms with Crippen molar-refractivity contribution in [1.29, 1.82) is 0 Å². The molecule has 0 aromatic heterocycles. The predicted octanol–water partition coefficient (Wildman–Crippen LogP) is -6.76. The quantitative estimate of drug-likeness (QED) is 0.298. The average Bonchev–Trinajstić information content (AvgIpc) is 2.62. The third kappa shape index (κ3) is 8.39. The molecule has 0 aliphatic rings. The van der Waals surface area contributed by atoms with Gasteiger partial charge in [0.2, 0.25) is 0 Å². The van der Waals surface area contributed by atoms with Gasteiger partial charge in [-0.15, -0.1) is 0 Å². The van der Waals surface area contributed by atoms with Crippen LogP contribution in [0.5, 0.6) is 0 Å². The van der Waals surface area contributed by atoms with Crippen molar-refractivity contribution in [2.45, 2.75) is 0 Å². The zero-order valence-corrected chi connectivity index (χ0v) is 19.2. The zero-order chi connectivity index (χ0) is 19.1. The molecule has 28 heavy (non-hydrogen) atoms. The van der Waals surface area contributed by atoms with E-state index in [-0.39, 0.29) is 59.1 Å². The van der Waals surface area contributed by atoms with Crippen LogP contribution in [0.4, 0.5) is 11.4 Å². The Balaban J connectivity index is 0.00000364. The van der Waals surface area contributed by atoms with Gasteiger partial charge in [-0.05, 0) is 35.4 Å². The molecule has 0 aliphatic heterocycles. The van der Waals surface area contributed by atoms with Gasteiger partial charge < -0.3 is 30.4 Å². The van der Waals surface area contributed by atoms with Gasteiger partial charge in [0, 0.05) is 11.4 Å². The van der Waals surface area contributed by atoms with Crippen molar-refractivity contribution in [1.82, 2.24) is 0 Å². The Bertz CT molecular complexity index is 806. The molecule has 2 N–H and O–H groups in total. The van der Waals surface area contributed by atoms with E-state index < -0.39 is 23.8 Å². The maximum absolute atomic E-state index is 11.0. The van der Waals surface area contributed by atoms with Crippen LogP contribution in [0.3, 0.4) is 0 Å². The first-order chi connectivity index (χ1) is 12.3. The van der Waals surface area contributed by atoms with E-state index in [0.717, 1.165) is 11.1 Å². The number of aliphatic carboxylic acids is 2. The van der Waals surface area contributed by atoms with Crippen LogP contribution in [0.2, 0.25) is 0 Å². The summed E-state index contributed by atoms with van der Waals surface area (Å²) in [6.45, 7) is 0. The molecule has 10 heteroatoms. The normalized spacial score (nSPS) is 9.57. The van der Waals surface area contributed by atoms with E-state index in [2.05, 4.69) is 10.6 Å². The first kappa shape index (κ1) is 26.1. The molecule has 132 valence electrons. The Morgan fingerprint density at radius 2 is 0.893 bits per heavy atom. The minimum atomic E-state index is -1.81. The number of benzene rings is 2. The van der Waals surface area contributed by atoms with Gasteiger partial charge in [-0.1, -0.05) is 36.4 Å². The molecule has 0 saturated heterocycles. The molecule has 0 atom stereocenters. The third-order valence-electron chi connectivity index (χ3n) is 3.18. The van der Waals surface area contributed by atoms with Crippen LogP contribution >= 0.6 is 0 Å². The summed E-state index contributed by atoms with van der Waals surface area (Å²) >= 11 is 0. The first-order valence-corrected chi connectivity index (χ1v) is 7.28. The molecule has 0 radical (unpaired) electrons. The number of carbonyl (C=O) groups is 4. The molecular weight excluding hydrogens is 386 g/mol. The molecule has 0 fully saturated rings. The molecule has 2 rings (SSSR count). The molecule has 2 aromatic carbocycles. The Morgan fingerprint density at radius 3 is 1.14 bits per heavy atom. The van der Waals surface area contributed by atoms with Gasteiger partial charge in [-0.3, -0.25) is 9.59 Å². The molecule has 0 bridgehead atoms. The third-order valence-corrected chi connectivity index (χ3v) is 3.18. The minimum Gasteiger partial charge on any atom is -0.540 e. The van der Waals surface area contributed by atoms with Gasteiger partial charge >= 0.3 is 59.1 Å². The monoisotopic (exact) mass is 398 g/mol. The summed E-state index contributed by atoms with van der Waals surface area (Å²) in [4.78, 5) is 42.7. The van der Waals surface area contributed by atoms with Gasteiger partial charge in [-0.25, -0.2) is 0 Å². The maximum atomic E-state index is 11.0. The number of amides is 2. The Morgan fingerprint density at radius 1 is 0.607 bits per heavy atom. The standard InChI is InChI=1S/C18H14N2O6.2Na/c21-15(17(23)24)19-13-7-3-11(4-8-13)1-2-12-5-9-14(10-6-12)20-16(22)18(25)26;;/h1-10H,(H,19,21)(H,20,22)(H,23,24)(H,25,26);;/q;2*+1/p-2/b2-1+;;. The Kier molecular flexibility index (Phi) is 11.6. The average molecular weight is 398 g/mol. The summed E-state index contributed by atoms with van der Waals surface area (Å²) in [5.74, 6) is -6.07. The summed E-state index contributed by atoms with van der Waals surface area (Å²) in [5, 5.41) is 25.0. The summed E-state index contributed by atoms with van der Waals surface area (Å²) in [6.07, 6.45) is 3.55. The first-order valence-electron chi connectivity index (χ1n) is 7.28. The van der Waals surface area contributed by atoms with E-state index in [9.17, 15) is 29.4 Å². The molecule has 2 aromatic rings. The van der Waals surface area contributed by atoms with Crippen LogP contribution in [-0.4, -0.2) is 23.8 Å². The minimum absolute atomic E-state index is 0. The van der Waals surface area contributed by atoms with Crippen LogP contribution in [0.15, 0.2) is 48.5 Å². The molecule has 8 nitrogen and oxygen atoms in total. The fraction of sp³-hybridized carbons (Fsp3) is 0. The zero-order valence-electron chi connectivity index (χ0n) is 15.2. The van der Waals surface area contributed by atoms with Crippen LogP contribution < -0.4 is 80.0 Å². The fourth-order valence-corrected chi connectivity index (χ4v) is 1.91. The van der Waals surface area contributed by atoms with E-state index in [1.807, 2.05) is 0 Å². The molecule has 0 aliphatic carbocycles. The second kappa shape index (κ2) is 12.5. The number of hydrogen-bond acceptors (Lipinski definition) is 6. The largest absolute Gasteiger partial charge is 1.00 e. The van der Waals surface area contributed by atoms with Gasteiger partial charge in [0.1, 0.15) is 11.9 Å². The van der Waals surface area contributed by atoms with Gasteiger partial charge in [-0.2, -0.15) is 0 Å². The van der Waals surface area contributed by atoms with Crippen molar-refractivity contribution in [3.8, 4) is 0 Å². The van der Waals surface area contributed by atoms with Crippen molar-refractivity contribution in [3.05, 3.63) is 59.7 Å². The SMILES string of the molecule is O=C([O-])C(=O)Nc1ccc(/C=C/c2ccc(NC(=O)C(=O)[O-])cc2)cc1.[Na+].[Na+]. The molecule has 0 unspecified atom stereocenters. The molecular formula is C18H12N2Na2O6. The fourth-order valence-electron chi connectivity index (χ4n) is 1.91. The number of nitrogens with one attached hydrogen (secondary N) is 2. The van der Waals surface area contributed by atoms with E-state index in [0.29, 0.717) is 11.4 Å². The summed E-state index contributed by atoms with van der Waals surface area (Å²) in [6, 6.07) is 12.9. The van der Waals surface area contributed by atoms with Gasteiger partial charge in [0.25, 0.3) is 11.8 Å². The summed E-state index contributed by atoms with van der Waals surface area (Å²) < 4.78 is 0. The number of hydrogen-bond donors (Lipinski definition) is 2. The molecule has 0 heterocycles. The van der Waals surface area contributed by atoms with Gasteiger partial charge in [0.15, 0.2) is 0 Å². The van der Waals surface area contributed by atoms with Crippen LogP contribution in [-0.2, 0) is 19.2 Å². The van der Waals surface area contributed by atoms with Gasteiger partial charge in [0.05, 0.1) is 0 Å². The second-order valence-corrected chi connectivity index (χ2v) is 5.06. The second-order valence-electron chi connectivity index (χ2n) is 5.06. The molecule has 0 spiro atoms. The number of carboxylic acids is 2. The van der Waals surface area contributed by atoms with Crippen molar-refractivity contribution in [2.24, 2.45) is 0 Å². The van der Waals surface area contributed by atoms with Crippen molar-refractivity contribution < 1.29 is 88.5 Å². The summed E-state index contributed by atoms with van der Waals surface area (Å²) in [7, 11) is 0. The van der Waals surface area contributed by atoms with Crippen LogP contribution in [0.25, 0.3) is 12.2 Å². The Labute approximate surface area is 204 Å². The maximum Gasteiger partial charge on any atom is 1.00 e. The summed E-state index contributed by atoms with van der Waals surface area (Å²) in [5.41, 5.74) is 2.24. The van der Waals surface area contributed by atoms with Crippen LogP contribution in [0, 0.1) is 0 Å². The van der Waals surface area contributed by atoms with E-state index >= 15 is 0 Å². The molecule has 2 amide bonds. The topological polar surface area (TPSA) is 138 Å².